The SMILES string of the molecule is Fc1cccc(-n2c(SCc3coc(-c4cccc(Cl)c4)n3)nnc2N2CCOCC2)c1. The minimum Gasteiger partial charge on any atom is -0.444 e. The molecule has 0 N–H and O–H groups in total. The van der Waals surface area contributed by atoms with Gasteiger partial charge in [-0.3, -0.25) is 4.57 Å². The highest BCUT2D eigenvalue weighted by molar-refractivity contribution is 7.98. The molecule has 2 aromatic heterocycles. The average molecular weight is 472 g/mol. The van der Waals surface area contributed by atoms with Crippen molar-refractivity contribution in [2.24, 2.45) is 0 Å². The smallest absolute Gasteiger partial charge is 0.232 e. The molecule has 32 heavy (non-hydrogen) atoms. The molecule has 0 amide bonds. The van der Waals surface area contributed by atoms with Crippen LogP contribution in [0.3, 0.4) is 0 Å². The molecular weight excluding hydrogens is 453 g/mol. The first-order valence-corrected chi connectivity index (χ1v) is 11.4. The third kappa shape index (κ3) is 4.50. The number of morpholine rings is 1. The van der Waals surface area contributed by atoms with Gasteiger partial charge in [0.25, 0.3) is 0 Å². The lowest BCUT2D eigenvalue weighted by Crippen LogP contribution is -2.37. The molecule has 0 saturated carbocycles. The second-order valence-corrected chi connectivity index (χ2v) is 8.52. The number of halogens is 2. The molecule has 4 aromatic rings. The summed E-state index contributed by atoms with van der Waals surface area (Å²) in [5.74, 6) is 1.37. The van der Waals surface area contributed by atoms with Crippen LogP contribution in [0.2, 0.25) is 5.02 Å². The Morgan fingerprint density at radius 1 is 1.06 bits per heavy atom. The van der Waals surface area contributed by atoms with E-state index in [0.717, 1.165) is 11.3 Å². The van der Waals surface area contributed by atoms with E-state index in [-0.39, 0.29) is 5.82 Å². The quantitative estimate of drug-likeness (QED) is 0.372. The van der Waals surface area contributed by atoms with Crippen molar-refractivity contribution in [2.75, 3.05) is 31.2 Å². The molecule has 2 aromatic carbocycles. The van der Waals surface area contributed by atoms with Gasteiger partial charge in [0, 0.05) is 29.4 Å². The Morgan fingerprint density at radius 3 is 2.72 bits per heavy atom. The van der Waals surface area contributed by atoms with Gasteiger partial charge in [-0.1, -0.05) is 35.5 Å². The van der Waals surface area contributed by atoms with Crippen LogP contribution < -0.4 is 4.90 Å². The lowest BCUT2D eigenvalue weighted by molar-refractivity contribution is 0.122. The minimum absolute atomic E-state index is 0.317. The van der Waals surface area contributed by atoms with Crippen molar-refractivity contribution in [3.8, 4) is 17.1 Å². The molecule has 164 valence electrons. The van der Waals surface area contributed by atoms with Gasteiger partial charge in [0.05, 0.1) is 24.6 Å². The third-order valence-electron chi connectivity index (χ3n) is 4.95. The summed E-state index contributed by atoms with van der Waals surface area (Å²) >= 11 is 7.52. The fraction of sp³-hybridized carbons (Fsp3) is 0.227. The van der Waals surface area contributed by atoms with Gasteiger partial charge in [0.1, 0.15) is 12.1 Å². The van der Waals surface area contributed by atoms with Crippen molar-refractivity contribution < 1.29 is 13.5 Å². The van der Waals surface area contributed by atoms with Gasteiger partial charge in [0.2, 0.25) is 11.8 Å². The van der Waals surface area contributed by atoms with Crippen LogP contribution in [0.25, 0.3) is 17.1 Å². The average Bonchev–Trinajstić information content (AvgIpc) is 3.46. The van der Waals surface area contributed by atoms with Gasteiger partial charge in [0.15, 0.2) is 5.16 Å². The van der Waals surface area contributed by atoms with Crippen LogP contribution in [0.15, 0.2) is 64.4 Å². The monoisotopic (exact) mass is 471 g/mol. The molecule has 0 atom stereocenters. The molecule has 0 bridgehead atoms. The maximum absolute atomic E-state index is 14.0. The van der Waals surface area contributed by atoms with Crippen LogP contribution in [-0.4, -0.2) is 46.1 Å². The highest BCUT2D eigenvalue weighted by Gasteiger charge is 2.22. The van der Waals surface area contributed by atoms with E-state index < -0.39 is 0 Å². The molecule has 0 radical (unpaired) electrons. The number of hydrogen-bond donors (Lipinski definition) is 0. The van der Waals surface area contributed by atoms with E-state index in [2.05, 4.69) is 20.1 Å². The summed E-state index contributed by atoms with van der Waals surface area (Å²) in [5, 5.41) is 10.1. The summed E-state index contributed by atoms with van der Waals surface area (Å²) in [5.41, 5.74) is 2.23. The zero-order chi connectivity index (χ0) is 21.9. The van der Waals surface area contributed by atoms with E-state index in [1.165, 1.54) is 23.9 Å². The van der Waals surface area contributed by atoms with E-state index in [4.69, 9.17) is 20.8 Å². The van der Waals surface area contributed by atoms with Crippen molar-refractivity contribution in [3.05, 3.63) is 71.3 Å². The number of benzene rings is 2. The topological polar surface area (TPSA) is 69.2 Å². The number of oxazole rings is 1. The molecule has 1 fully saturated rings. The van der Waals surface area contributed by atoms with E-state index >= 15 is 0 Å². The Hall–Kier alpha value is -2.88. The molecule has 0 unspecified atom stereocenters. The molecule has 5 rings (SSSR count). The van der Waals surface area contributed by atoms with Gasteiger partial charge < -0.3 is 14.1 Å². The van der Waals surface area contributed by atoms with Crippen molar-refractivity contribution >= 4 is 29.3 Å². The summed E-state index contributed by atoms with van der Waals surface area (Å²) in [7, 11) is 0. The van der Waals surface area contributed by atoms with Gasteiger partial charge in [-0.15, -0.1) is 10.2 Å². The van der Waals surface area contributed by atoms with Crippen LogP contribution in [0, 0.1) is 5.82 Å². The van der Waals surface area contributed by atoms with E-state index in [0.29, 0.717) is 59.8 Å². The minimum atomic E-state index is -0.317. The first-order chi connectivity index (χ1) is 15.7. The zero-order valence-electron chi connectivity index (χ0n) is 16.9. The molecule has 10 heteroatoms. The van der Waals surface area contributed by atoms with Gasteiger partial charge in [-0.25, -0.2) is 9.37 Å². The van der Waals surface area contributed by atoms with E-state index in [1.54, 1.807) is 24.5 Å². The molecule has 1 saturated heterocycles. The number of anilines is 1. The molecule has 1 aliphatic heterocycles. The van der Waals surface area contributed by atoms with Crippen LogP contribution in [0.4, 0.5) is 10.3 Å². The Bertz CT molecular complexity index is 1220. The van der Waals surface area contributed by atoms with Crippen LogP contribution in [0.1, 0.15) is 5.69 Å². The molecule has 3 heterocycles. The first-order valence-electron chi connectivity index (χ1n) is 10.0. The van der Waals surface area contributed by atoms with Crippen LogP contribution in [-0.2, 0) is 10.5 Å². The second-order valence-electron chi connectivity index (χ2n) is 7.14. The van der Waals surface area contributed by atoms with Crippen molar-refractivity contribution in [1.29, 1.82) is 0 Å². The number of rotatable bonds is 6. The molecular formula is C22H19ClFN5O2S. The predicted octanol–water partition coefficient (Wildman–Crippen LogP) is 4.84. The first kappa shape index (κ1) is 21.0. The summed E-state index contributed by atoms with van der Waals surface area (Å²) in [4.78, 5) is 6.66. The van der Waals surface area contributed by atoms with E-state index in [9.17, 15) is 4.39 Å². The lowest BCUT2D eigenvalue weighted by Gasteiger charge is -2.27. The van der Waals surface area contributed by atoms with Crippen LogP contribution in [0.5, 0.6) is 0 Å². The summed E-state index contributed by atoms with van der Waals surface area (Å²) < 4.78 is 26.9. The zero-order valence-corrected chi connectivity index (χ0v) is 18.5. The number of ether oxygens (including phenoxy) is 1. The number of hydrogen-bond acceptors (Lipinski definition) is 7. The Kier molecular flexibility index (Phi) is 6.11. The van der Waals surface area contributed by atoms with Crippen molar-refractivity contribution in [2.45, 2.75) is 10.9 Å². The fourth-order valence-corrected chi connectivity index (χ4v) is 4.45. The van der Waals surface area contributed by atoms with Crippen LogP contribution >= 0.6 is 23.4 Å². The lowest BCUT2D eigenvalue weighted by atomic mass is 10.2. The normalized spacial score (nSPS) is 14.1. The summed E-state index contributed by atoms with van der Waals surface area (Å²) in [6.07, 6.45) is 1.62. The maximum Gasteiger partial charge on any atom is 0.232 e. The van der Waals surface area contributed by atoms with Crippen molar-refractivity contribution in [1.82, 2.24) is 19.7 Å². The summed E-state index contributed by atoms with van der Waals surface area (Å²) in [6.45, 7) is 2.63. The second kappa shape index (κ2) is 9.32. The summed E-state index contributed by atoms with van der Waals surface area (Å²) in [6, 6.07) is 13.8. The third-order valence-corrected chi connectivity index (χ3v) is 6.15. The Labute approximate surface area is 193 Å². The Balaban J connectivity index is 1.41. The highest BCUT2D eigenvalue weighted by Crippen LogP contribution is 2.30. The molecule has 7 nitrogen and oxygen atoms in total. The fourth-order valence-electron chi connectivity index (χ4n) is 3.43. The van der Waals surface area contributed by atoms with E-state index in [1.807, 2.05) is 22.8 Å². The maximum atomic E-state index is 14.0. The Morgan fingerprint density at radius 2 is 1.91 bits per heavy atom. The number of aromatic nitrogens is 4. The van der Waals surface area contributed by atoms with Gasteiger partial charge in [-0.05, 0) is 36.4 Å². The molecule has 1 aliphatic rings. The largest absolute Gasteiger partial charge is 0.444 e. The van der Waals surface area contributed by atoms with Crippen molar-refractivity contribution in [3.63, 3.8) is 0 Å². The van der Waals surface area contributed by atoms with Gasteiger partial charge in [-0.2, -0.15) is 0 Å². The molecule has 0 spiro atoms. The van der Waals surface area contributed by atoms with Gasteiger partial charge >= 0.3 is 0 Å². The molecule has 0 aliphatic carbocycles. The standard InChI is InChI=1S/C22H19ClFN5O2S/c23-16-4-1-3-15(11-16)20-25-18(13-31-20)14-32-22-27-26-21(28-7-9-30-10-8-28)29(22)19-6-2-5-17(24)12-19/h1-6,11-13H,7-10,14H2. The number of thioether (sulfide) groups is 1. The number of nitrogens with zero attached hydrogens (tertiary/aromatic N) is 5. The predicted molar refractivity (Wildman–Crippen MR) is 121 cm³/mol. The highest BCUT2D eigenvalue weighted by atomic mass is 35.5.